The molecule has 0 aliphatic rings. The summed E-state index contributed by atoms with van der Waals surface area (Å²) in [5, 5.41) is 0. The van der Waals surface area contributed by atoms with Crippen LogP contribution in [0.1, 0.15) is 0 Å². The molecular weight excluding hydrogens is 124 g/mol. The number of aromatic nitrogens is 1. The highest BCUT2D eigenvalue weighted by atomic mass is 14.9. The van der Waals surface area contributed by atoms with Gasteiger partial charge in [-0.2, -0.15) is 0 Å². The molecule has 1 rings (SSSR count). The maximum atomic E-state index is 5.27. The highest BCUT2D eigenvalue weighted by molar-refractivity contribution is 4.93. The number of rotatable bonds is 3. The molecule has 0 saturated carbocycles. The van der Waals surface area contributed by atoms with Crippen LogP contribution in [0.4, 0.5) is 0 Å². The second kappa shape index (κ2) is 3.90. The van der Waals surface area contributed by atoms with Crippen molar-refractivity contribution in [1.82, 2.24) is 4.57 Å². The van der Waals surface area contributed by atoms with Crippen molar-refractivity contribution in [3.8, 4) is 0 Å². The van der Waals surface area contributed by atoms with Gasteiger partial charge in [0.1, 0.15) is 0 Å². The lowest BCUT2D eigenvalue weighted by Crippen LogP contribution is -1.94. The zero-order valence-electron chi connectivity index (χ0n) is 5.90. The van der Waals surface area contributed by atoms with E-state index < -0.39 is 0 Å². The van der Waals surface area contributed by atoms with E-state index in [1.54, 1.807) is 0 Å². The van der Waals surface area contributed by atoms with E-state index in [1.165, 1.54) is 0 Å². The molecule has 0 aliphatic carbocycles. The molecule has 2 heteroatoms. The maximum absolute atomic E-state index is 5.27. The van der Waals surface area contributed by atoms with Crippen LogP contribution in [0, 0.1) is 0 Å². The lowest BCUT2D eigenvalue weighted by molar-refractivity contribution is 0.828. The second-order valence-corrected chi connectivity index (χ2v) is 2.09. The Labute approximate surface area is 61.0 Å². The standard InChI is InChI=1S/C8H12N2/c9-5-1-2-6-10-7-3-4-8-10/h1-4,7-8H,5-6,9H2/b2-1-. The van der Waals surface area contributed by atoms with Crippen LogP contribution in [0.2, 0.25) is 0 Å². The second-order valence-electron chi connectivity index (χ2n) is 2.09. The third kappa shape index (κ3) is 2.07. The molecule has 0 fully saturated rings. The normalized spacial score (nSPS) is 10.9. The Balaban J connectivity index is 2.34. The summed E-state index contributed by atoms with van der Waals surface area (Å²) < 4.78 is 2.09. The van der Waals surface area contributed by atoms with Crippen molar-refractivity contribution in [2.45, 2.75) is 6.54 Å². The highest BCUT2D eigenvalue weighted by Gasteiger charge is 1.80. The number of hydrogen-bond donors (Lipinski definition) is 1. The van der Waals surface area contributed by atoms with Crippen LogP contribution >= 0.6 is 0 Å². The van der Waals surface area contributed by atoms with Crippen molar-refractivity contribution in [3.63, 3.8) is 0 Å². The van der Waals surface area contributed by atoms with Crippen LogP contribution in [0.15, 0.2) is 36.7 Å². The Bertz CT molecular complexity index is 187. The van der Waals surface area contributed by atoms with E-state index in [0.717, 1.165) is 6.54 Å². The van der Waals surface area contributed by atoms with Crippen molar-refractivity contribution in [2.75, 3.05) is 6.54 Å². The molecule has 1 aromatic heterocycles. The van der Waals surface area contributed by atoms with Crippen LogP contribution in [0.5, 0.6) is 0 Å². The minimum Gasteiger partial charge on any atom is -0.351 e. The molecule has 0 atom stereocenters. The van der Waals surface area contributed by atoms with Crippen LogP contribution in [0.25, 0.3) is 0 Å². The Morgan fingerprint density at radius 1 is 1.20 bits per heavy atom. The van der Waals surface area contributed by atoms with E-state index >= 15 is 0 Å². The molecule has 10 heavy (non-hydrogen) atoms. The quantitative estimate of drug-likeness (QED) is 0.617. The van der Waals surface area contributed by atoms with Gasteiger partial charge in [0.15, 0.2) is 0 Å². The van der Waals surface area contributed by atoms with E-state index in [9.17, 15) is 0 Å². The molecule has 0 unspecified atom stereocenters. The minimum absolute atomic E-state index is 0.626. The first kappa shape index (κ1) is 7.09. The smallest absolute Gasteiger partial charge is 0.0400 e. The Kier molecular flexibility index (Phi) is 2.77. The van der Waals surface area contributed by atoms with Gasteiger partial charge in [0, 0.05) is 25.5 Å². The fourth-order valence-corrected chi connectivity index (χ4v) is 0.784. The zero-order chi connectivity index (χ0) is 7.23. The first-order valence-electron chi connectivity index (χ1n) is 3.39. The Morgan fingerprint density at radius 2 is 1.90 bits per heavy atom. The van der Waals surface area contributed by atoms with Gasteiger partial charge in [0.25, 0.3) is 0 Å². The van der Waals surface area contributed by atoms with Crippen LogP contribution in [0.3, 0.4) is 0 Å². The largest absolute Gasteiger partial charge is 0.351 e. The fourth-order valence-electron chi connectivity index (χ4n) is 0.784. The first-order chi connectivity index (χ1) is 4.93. The lowest BCUT2D eigenvalue weighted by atomic mass is 10.5. The Morgan fingerprint density at radius 3 is 2.50 bits per heavy atom. The number of allylic oxidation sites excluding steroid dienone is 1. The molecule has 2 N–H and O–H groups in total. The van der Waals surface area contributed by atoms with Gasteiger partial charge < -0.3 is 10.3 Å². The van der Waals surface area contributed by atoms with Gasteiger partial charge in [-0.25, -0.2) is 0 Å². The summed E-state index contributed by atoms with van der Waals surface area (Å²) in [6.45, 7) is 1.55. The van der Waals surface area contributed by atoms with Gasteiger partial charge in [0.2, 0.25) is 0 Å². The Hall–Kier alpha value is -1.02. The van der Waals surface area contributed by atoms with Crippen LogP contribution in [-0.2, 0) is 6.54 Å². The zero-order valence-corrected chi connectivity index (χ0v) is 5.90. The average molecular weight is 136 g/mol. The molecule has 0 aliphatic heterocycles. The minimum atomic E-state index is 0.626. The topological polar surface area (TPSA) is 30.9 Å². The molecule has 0 saturated heterocycles. The number of nitrogens with zero attached hydrogens (tertiary/aromatic N) is 1. The summed E-state index contributed by atoms with van der Waals surface area (Å²) in [6.07, 6.45) is 8.07. The van der Waals surface area contributed by atoms with Gasteiger partial charge in [0.05, 0.1) is 0 Å². The summed E-state index contributed by atoms with van der Waals surface area (Å²) >= 11 is 0. The first-order valence-corrected chi connectivity index (χ1v) is 3.39. The SMILES string of the molecule is NC/C=C\Cn1cccc1. The fraction of sp³-hybridized carbons (Fsp3) is 0.250. The third-order valence-electron chi connectivity index (χ3n) is 1.29. The van der Waals surface area contributed by atoms with Crippen molar-refractivity contribution in [1.29, 1.82) is 0 Å². The van der Waals surface area contributed by atoms with Gasteiger partial charge in [-0.3, -0.25) is 0 Å². The average Bonchev–Trinajstić information content (AvgIpc) is 2.41. The molecule has 1 aromatic rings. The van der Waals surface area contributed by atoms with Gasteiger partial charge in [-0.15, -0.1) is 0 Å². The van der Waals surface area contributed by atoms with Crippen molar-refractivity contribution in [2.24, 2.45) is 5.73 Å². The molecule has 0 amide bonds. The van der Waals surface area contributed by atoms with Gasteiger partial charge >= 0.3 is 0 Å². The van der Waals surface area contributed by atoms with Crippen molar-refractivity contribution in [3.05, 3.63) is 36.7 Å². The molecule has 0 bridgehead atoms. The summed E-state index contributed by atoms with van der Waals surface area (Å²) in [6, 6.07) is 4.02. The van der Waals surface area contributed by atoms with Crippen molar-refractivity contribution >= 4 is 0 Å². The predicted molar refractivity (Wildman–Crippen MR) is 42.6 cm³/mol. The maximum Gasteiger partial charge on any atom is 0.0400 e. The lowest BCUT2D eigenvalue weighted by Gasteiger charge is -1.93. The van der Waals surface area contributed by atoms with E-state index in [0.29, 0.717) is 6.54 Å². The molecule has 0 radical (unpaired) electrons. The van der Waals surface area contributed by atoms with Gasteiger partial charge in [-0.05, 0) is 12.1 Å². The summed E-state index contributed by atoms with van der Waals surface area (Å²) in [7, 11) is 0. The molecule has 0 spiro atoms. The van der Waals surface area contributed by atoms with Crippen molar-refractivity contribution < 1.29 is 0 Å². The summed E-state index contributed by atoms with van der Waals surface area (Å²) in [4.78, 5) is 0. The summed E-state index contributed by atoms with van der Waals surface area (Å²) in [5.41, 5.74) is 5.27. The highest BCUT2D eigenvalue weighted by Crippen LogP contribution is 1.89. The molecule has 2 nitrogen and oxygen atoms in total. The third-order valence-corrected chi connectivity index (χ3v) is 1.29. The predicted octanol–water partition coefficient (Wildman–Crippen LogP) is 1.00. The molecular formula is C8H12N2. The van der Waals surface area contributed by atoms with E-state index in [4.69, 9.17) is 5.73 Å². The molecule has 1 heterocycles. The molecule has 54 valence electrons. The summed E-state index contributed by atoms with van der Waals surface area (Å²) in [5.74, 6) is 0. The monoisotopic (exact) mass is 136 g/mol. The van der Waals surface area contributed by atoms with Crippen LogP contribution < -0.4 is 5.73 Å². The van der Waals surface area contributed by atoms with Gasteiger partial charge in [-0.1, -0.05) is 12.2 Å². The van der Waals surface area contributed by atoms with Crippen LogP contribution in [-0.4, -0.2) is 11.1 Å². The number of hydrogen-bond acceptors (Lipinski definition) is 1. The van der Waals surface area contributed by atoms with E-state index in [2.05, 4.69) is 10.6 Å². The van der Waals surface area contributed by atoms with E-state index in [1.807, 2.05) is 30.6 Å². The van der Waals surface area contributed by atoms with E-state index in [-0.39, 0.29) is 0 Å². The molecule has 0 aromatic carbocycles. The number of nitrogens with two attached hydrogens (primary N) is 1.